The Bertz CT molecular complexity index is 519. The average molecular weight is 246 g/mol. The zero-order valence-corrected chi connectivity index (χ0v) is 10.4. The van der Waals surface area contributed by atoms with Crippen LogP contribution >= 0.6 is 0 Å². The second-order valence-corrected chi connectivity index (χ2v) is 4.21. The van der Waals surface area contributed by atoms with Gasteiger partial charge in [0.2, 0.25) is 5.95 Å². The number of halogens is 1. The molecule has 18 heavy (non-hydrogen) atoms. The Morgan fingerprint density at radius 3 is 2.50 bits per heavy atom. The Labute approximate surface area is 105 Å². The van der Waals surface area contributed by atoms with Gasteiger partial charge < -0.3 is 10.6 Å². The molecule has 0 aliphatic carbocycles. The van der Waals surface area contributed by atoms with Crippen LogP contribution in [-0.2, 0) is 6.54 Å². The Hall–Kier alpha value is -2.17. The van der Waals surface area contributed by atoms with Crippen molar-refractivity contribution in [2.75, 3.05) is 17.7 Å². The van der Waals surface area contributed by atoms with E-state index in [1.807, 2.05) is 24.9 Å². The van der Waals surface area contributed by atoms with Crippen LogP contribution in [0.2, 0.25) is 0 Å². The minimum absolute atomic E-state index is 0.233. The Balaban J connectivity index is 2.16. The first-order valence-corrected chi connectivity index (χ1v) is 5.61. The topological polar surface area (TPSA) is 55.0 Å². The minimum Gasteiger partial charge on any atom is -0.368 e. The zero-order valence-electron chi connectivity index (χ0n) is 10.4. The third kappa shape index (κ3) is 2.94. The fourth-order valence-electron chi connectivity index (χ4n) is 1.71. The van der Waals surface area contributed by atoms with Crippen molar-refractivity contribution in [3.63, 3.8) is 0 Å². The normalized spacial score (nSPS) is 10.4. The lowest BCUT2D eigenvalue weighted by atomic mass is 10.2. The molecule has 4 nitrogen and oxygen atoms in total. The molecule has 0 bridgehead atoms. The average Bonchev–Trinajstić information content (AvgIpc) is 2.31. The minimum atomic E-state index is -0.233. The summed E-state index contributed by atoms with van der Waals surface area (Å²) < 4.78 is 12.8. The molecule has 0 aliphatic rings. The van der Waals surface area contributed by atoms with Crippen LogP contribution in [0.4, 0.5) is 16.2 Å². The number of hydrogen-bond donors (Lipinski definition) is 1. The maximum Gasteiger partial charge on any atom is 0.222 e. The highest BCUT2D eigenvalue weighted by Gasteiger charge is 2.06. The van der Waals surface area contributed by atoms with Crippen LogP contribution in [0.25, 0.3) is 0 Å². The van der Waals surface area contributed by atoms with Crippen molar-refractivity contribution in [1.82, 2.24) is 9.97 Å². The first-order chi connectivity index (χ1) is 8.54. The van der Waals surface area contributed by atoms with Crippen LogP contribution in [0.3, 0.4) is 0 Å². The zero-order chi connectivity index (χ0) is 13.1. The van der Waals surface area contributed by atoms with E-state index in [0.29, 0.717) is 6.54 Å². The summed E-state index contributed by atoms with van der Waals surface area (Å²) in [5.41, 5.74) is 7.44. The fourth-order valence-corrected chi connectivity index (χ4v) is 1.71. The second kappa shape index (κ2) is 5.00. The number of nitrogen functional groups attached to an aromatic ring is 1. The monoisotopic (exact) mass is 246 g/mol. The third-order valence-electron chi connectivity index (χ3n) is 2.58. The van der Waals surface area contributed by atoms with E-state index in [1.54, 1.807) is 12.1 Å². The summed E-state index contributed by atoms with van der Waals surface area (Å²) in [4.78, 5) is 10.1. The number of nitrogens with zero attached hydrogens (tertiary/aromatic N) is 3. The maximum absolute atomic E-state index is 12.8. The number of hydrogen-bond acceptors (Lipinski definition) is 4. The largest absolute Gasteiger partial charge is 0.368 e. The van der Waals surface area contributed by atoms with Crippen molar-refractivity contribution in [3.8, 4) is 0 Å². The predicted molar refractivity (Wildman–Crippen MR) is 69.7 cm³/mol. The van der Waals surface area contributed by atoms with Crippen molar-refractivity contribution in [2.24, 2.45) is 0 Å². The van der Waals surface area contributed by atoms with Crippen LogP contribution in [-0.4, -0.2) is 17.0 Å². The number of aromatic nitrogens is 2. The van der Waals surface area contributed by atoms with Gasteiger partial charge in [-0.3, -0.25) is 0 Å². The van der Waals surface area contributed by atoms with Gasteiger partial charge in [0.15, 0.2) is 0 Å². The summed E-state index contributed by atoms with van der Waals surface area (Å²) >= 11 is 0. The quantitative estimate of drug-likeness (QED) is 0.901. The molecule has 2 rings (SSSR count). The van der Waals surface area contributed by atoms with Crippen molar-refractivity contribution < 1.29 is 4.39 Å². The molecule has 2 N–H and O–H groups in total. The summed E-state index contributed by atoms with van der Waals surface area (Å²) in [5.74, 6) is 0.781. The summed E-state index contributed by atoms with van der Waals surface area (Å²) in [6.07, 6.45) is 0. The number of aryl methyl sites for hydroxylation is 1. The molecule has 5 heteroatoms. The molecule has 1 aromatic heterocycles. The fraction of sp³-hybridized carbons (Fsp3) is 0.231. The molecule has 2 aromatic rings. The smallest absolute Gasteiger partial charge is 0.222 e. The molecular formula is C13H15FN4. The molecule has 0 spiro atoms. The molecule has 0 saturated carbocycles. The highest BCUT2D eigenvalue weighted by Crippen LogP contribution is 2.15. The van der Waals surface area contributed by atoms with Gasteiger partial charge in [0.05, 0.1) is 0 Å². The molecule has 0 saturated heterocycles. The van der Waals surface area contributed by atoms with Gasteiger partial charge in [-0.25, -0.2) is 9.37 Å². The predicted octanol–water partition coefficient (Wildman–Crippen LogP) is 2.14. The van der Waals surface area contributed by atoms with E-state index in [9.17, 15) is 4.39 Å². The first kappa shape index (κ1) is 12.3. The Morgan fingerprint density at radius 1 is 1.22 bits per heavy atom. The van der Waals surface area contributed by atoms with Gasteiger partial charge in [0, 0.05) is 25.4 Å². The van der Waals surface area contributed by atoms with Gasteiger partial charge in [0.1, 0.15) is 11.6 Å². The van der Waals surface area contributed by atoms with Crippen molar-refractivity contribution in [1.29, 1.82) is 0 Å². The van der Waals surface area contributed by atoms with Gasteiger partial charge in [-0.2, -0.15) is 4.98 Å². The first-order valence-electron chi connectivity index (χ1n) is 5.61. The molecule has 0 fully saturated rings. The lowest BCUT2D eigenvalue weighted by Crippen LogP contribution is -2.18. The van der Waals surface area contributed by atoms with E-state index in [4.69, 9.17) is 5.73 Å². The van der Waals surface area contributed by atoms with Crippen molar-refractivity contribution >= 4 is 11.8 Å². The van der Waals surface area contributed by atoms with E-state index in [1.165, 1.54) is 12.1 Å². The summed E-state index contributed by atoms with van der Waals surface area (Å²) in [7, 11) is 1.91. The molecule has 0 atom stereocenters. The maximum atomic E-state index is 12.8. The standard InChI is InChI=1S/C13H15FN4/c1-9-7-12(17-13(15)16-9)18(2)8-10-3-5-11(14)6-4-10/h3-7H,8H2,1-2H3,(H2,15,16,17). The van der Waals surface area contributed by atoms with Crippen LogP contribution in [0.5, 0.6) is 0 Å². The SMILES string of the molecule is Cc1cc(N(C)Cc2ccc(F)cc2)nc(N)n1. The van der Waals surface area contributed by atoms with Gasteiger partial charge >= 0.3 is 0 Å². The van der Waals surface area contributed by atoms with Crippen molar-refractivity contribution in [3.05, 3.63) is 47.4 Å². The van der Waals surface area contributed by atoms with E-state index in [-0.39, 0.29) is 11.8 Å². The lowest BCUT2D eigenvalue weighted by Gasteiger charge is -2.18. The van der Waals surface area contributed by atoms with Crippen LogP contribution in [0.1, 0.15) is 11.3 Å². The van der Waals surface area contributed by atoms with E-state index >= 15 is 0 Å². The van der Waals surface area contributed by atoms with Gasteiger partial charge in [-0.05, 0) is 24.6 Å². The molecule has 94 valence electrons. The summed E-state index contributed by atoms with van der Waals surface area (Å²) in [6.45, 7) is 2.50. The van der Waals surface area contributed by atoms with Gasteiger partial charge in [-0.15, -0.1) is 0 Å². The van der Waals surface area contributed by atoms with Crippen molar-refractivity contribution in [2.45, 2.75) is 13.5 Å². The number of anilines is 2. The van der Waals surface area contributed by atoms with E-state index in [0.717, 1.165) is 17.1 Å². The number of rotatable bonds is 3. The molecular weight excluding hydrogens is 231 g/mol. The molecule has 0 radical (unpaired) electrons. The second-order valence-electron chi connectivity index (χ2n) is 4.21. The molecule has 1 heterocycles. The summed E-state index contributed by atoms with van der Waals surface area (Å²) in [6, 6.07) is 8.26. The summed E-state index contributed by atoms with van der Waals surface area (Å²) in [5, 5.41) is 0. The Morgan fingerprint density at radius 2 is 1.89 bits per heavy atom. The molecule has 1 aromatic carbocycles. The number of nitrogens with two attached hydrogens (primary N) is 1. The molecule has 0 unspecified atom stereocenters. The van der Waals surface area contributed by atoms with Gasteiger partial charge in [-0.1, -0.05) is 12.1 Å². The molecule has 0 amide bonds. The highest BCUT2D eigenvalue weighted by atomic mass is 19.1. The Kier molecular flexibility index (Phi) is 3.41. The van der Waals surface area contributed by atoms with E-state index < -0.39 is 0 Å². The van der Waals surface area contributed by atoms with E-state index in [2.05, 4.69) is 9.97 Å². The van der Waals surface area contributed by atoms with Crippen LogP contribution in [0.15, 0.2) is 30.3 Å². The number of benzene rings is 1. The van der Waals surface area contributed by atoms with Gasteiger partial charge in [0.25, 0.3) is 0 Å². The van der Waals surface area contributed by atoms with Crippen LogP contribution < -0.4 is 10.6 Å². The highest BCUT2D eigenvalue weighted by molar-refractivity contribution is 5.43. The third-order valence-corrected chi connectivity index (χ3v) is 2.58. The molecule has 0 aliphatic heterocycles. The van der Waals surface area contributed by atoms with Crippen LogP contribution in [0, 0.1) is 12.7 Å². The lowest BCUT2D eigenvalue weighted by molar-refractivity contribution is 0.627.